The van der Waals surface area contributed by atoms with E-state index in [9.17, 15) is 0 Å². The van der Waals surface area contributed by atoms with Gasteiger partial charge in [0.15, 0.2) is 0 Å². The van der Waals surface area contributed by atoms with Crippen molar-refractivity contribution in [1.82, 2.24) is 4.90 Å². The molecule has 2 nitrogen and oxygen atoms in total. The molecule has 1 aromatic heterocycles. The zero-order chi connectivity index (χ0) is 11.4. The van der Waals surface area contributed by atoms with Gasteiger partial charge < -0.3 is 5.73 Å². The van der Waals surface area contributed by atoms with Crippen molar-refractivity contribution in [2.75, 3.05) is 19.6 Å². The van der Waals surface area contributed by atoms with Gasteiger partial charge in [0.1, 0.15) is 0 Å². The van der Waals surface area contributed by atoms with E-state index in [4.69, 9.17) is 5.73 Å². The van der Waals surface area contributed by atoms with Crippen LogP contribution in [0.5, 0.6) is 0 Å². The topological polar surface area (TPSA) is 29.3 Å². The molecule has 1 fully saturated rings. The SMILES string of the molecule is NCCC1CCCN(Cc2sccc2Br)C1. The number of likely N-dealkylation sites (tertiary alicyclic amines) is 1. The van der Waals surface area contributed by atoms with Crippen LogP contribution in [0.1, 0.15) is 24.1 Å². The van der Waals surface area contributed by atoms with Crippen molar-refractivity contribution in [3.63, 3.8) is 0 Å². The van der Waals surface area contributed by atoms with E-state index in [2.05, 4.69) is 32.3 Å². The van der Waals surface area contributed by atoms with Crippen molar-refractivity contribution in [1.29, 1.82) is 0 Å². The summed E-state index contributed by atoms with van der Waals surface area (Å²) < 4.78 is 1.26. The molecule has 2 heterocycles. The van der Waals surface area contributed by atoms with Gasteiger partial charge >= 0.3 is 0 Å². The standard InChI is InChI=1S/C12H19BrN2S/c13-11-4-7-16-12(11)9-15-6-1-2-10(8-15)3-5-14/h4,7,10H,1-3,5-6,8-9,14H2. The number of thiophene rings is 1. The van der Waals surface area contributed by atoms with E-state index in [1.165, 1.54) is 41.7 Å². The minimum absolute atomic E-state index is 0.817. The van der Waals surface area contributed by atoms with Crippen LogP contribution in [0, 0.1) is 5.92 Å². The first-order valence-electron chi connectivity index (χ1n) is 5.94. The van der Waals surface area contributed by atoms with Crippen molar-refractivity contribution in [2.24, 2.45) is 11.7 Å². The highest BCUT2D eigenvalue weighted by Gasteiger charge is 2.20. The van der Waals surface area contributed by atoms with Crippen LogP contribution >= 0.6 is 27.3 Å². The summed E-state index contributed by atoms with van der Waals surface area (Å²) in [6.07, 6.45) is 3.87. The predicted molar refractivity (Wildman–Crippen MR) is 73.7 cm³/mol. The third-order valence-electron chi connectivity index (χ3n) is 3.24. The van der Waals surface area contributed by atoms with Gasteiger partial charge in [0, 0.05) is 22.4 Å². The molecule has 0 amide bonds. The molecule has 1 aromatic rings. The molecule has 1 unspecified atom stereocenters. The summed E-state index contributed by atoms with van der Waals surface area (Å²) in [4.78, 5) is 4.02. The smallest absolute Gasteiger partial charge is 0.0339 e. The number of piperidine rings is 1. The maximum absolute atomic E-state index is 5.64. The molecule has 0 spiro atoms. The Morgan fingerprint density at radius 1 is 1.56 bits per heavy atom. The normalized spacial score (nSPS) is 22.5. The molecule has 1 aliphatic heterocycles. The third kappa shape index (κ3) is 3.29. The molecular formula is C12H19BrN2S. The summed E-state index contributed by atoms with van der Waals surface area (Å²) in [7, 11) is 0. The van der Waals surface area contributed by atoms with Crippen LogP contribution in [0.15, 0.2) is 15.9 Å². The van der Waals surface area contributed by atoms with Gasteiger partial charge in [-0.3, -0.25) is 4.90 Å². The van der Waals surface area contributed by atoms with Crippen molar-refractivity contribution in [3.05, 3.63) is 20.8 Å². The molecule has 0 saturated carbocycles. The van der Waals surface area contributed by atoms with E-state index in [0.717, 1.165) is 19.0 Å². The minimum atomic E-state index is 0.817. The maximum Gasteiger partial charge on any atom is 0.0339 e. The monoisotopic (exact) mass is 302 g/mol. The Hall–Kier alpha value is 0.100. The van der Waals surface area contributed by atoms with Crippen molar-refractivity contribution < 1.29 is 0 Å². The van der Waals surface area contributed by atoms with Crippen LogP contribution < -0.4 is 5.73 Å². The molecule has 0 bridgehead atoms. The lowest BCUT2D eigenvalue weighted by molar-refractivity contribution is 0.164. The lowest BCUT2D eigenvalue weighted by Crippen LogP contribution is -2.35. The van der Waals surface area contributed by atoms with Gasteiger partial charge in [0.25, 0.3) is 0 Å². The Balaban J connectivity index is 1.88. The highest BCUT2D eigenvalue weighted by molar-refractivity contribution is 9.10. The van der Waals surface area contributed by atoms with Gasteiger partial charge in [-0.25, -0.2) is 0 Å². The van der Waals surface area contributed by atoms with Crippen LogP contribution in [-0.4, -0.2) is 24.5 Å². The molecule has 16 heavy (non-hydrogen) atoms. The van der Waals surface area contributed by atoms with E-state index in [0.29, 0.717) is 0 Å². The number of hydrogen-bond donors (Lipinski definition) is 1. The van der Waals surface area contributed by atoms with Crippen LogP contribution in [-0.2, 0) is 6.54 Å². The quantitative estimate of drug-likeness (QED) is 0.926. The number of rotatable bonds is 4. The first-order valence-corrected chi connectivity index (χ1v) is 7.61. The van der Waals surface area contributed by atoms with Crippen LogP contribution in [0.2, 0.25) is 0 Å². The number of halogens is 1. The summed E-state index contributed by atoms with van der Waals surface area (Å²) in [6, 6.07) is 2.14. The molecule has 0 aliphatic carbocycles. The summed E-state index contributed by atoms with van der Waals surface area (Å²) in [6.45, 7) is 4.40. The highest BCUT2D eigenvalue weighted by atomic mass is 79.9. The molecule has 90 valence electrons. The zero-order valence-electron chi connectivity index (χ0n) is 9.49. The second kappa shape index (κ2) is 6.15. The summed E-state index contributed by atoms with van der Waals surface area (Å²) in [5, 5.41) is 2.15. The lowest BCUT2D eigenvalue weighted by Gasteiger charge is -2.32. The van der Waals surface area contributed by atoms with Gasteiger partial charge in [0.2, 0.25) is 0 Å². The fourth-order valence-corrected chi connectivity index (χ4v) is 3.93. The Morgan fingerprint density at radius 2 is 2.44 bits per heavy atom. The van der Waals surface area contributed by atoms with Crippen molar-refractivity contribution in [2.45, 2.75) is 25.8 Å². The molecule has 2 N–H and O–H groups in total. The Kier molecular flexibility index (Phi) is 4.82. The summed E-state index contributed by atoms with van der Waals surface area (Å²) in [5.41, 5.74) is 5.64. The van der Waals surface area contributed by atoms with Gasteiger partial charge in [0.05, 0.1) is 0 Å². The van der Waals surface area contributed by atoms with Crippen molar-refractivity contribution in [3.8, 4) is 0 Å². The average molecular weight is 303 g/mol. The molecule has 2 rings (SSSR count). The van der Waals surface area contributed by atoms with E-state index in [-0.39, 0.29) is 0 Å². The lowest BCUT2D eigenvalue weighted by atomic mass is 9.95. The molecule has 0 aromatic carbocycles. The Morgan fingerprint density at radius 3 is 3.12 bits per heavy atom. The maximum atomic E-state index is 5.64. The fourth-order valence-electron chi connectivity index (χ4n) is 2.41. The van der Waals surface area contributed by atoms with Crippen LogP contribution in [0.25, 0.3) is 0 Å². The molecule has 4 heteroatoms. The van der Waals surface area contributed by atoms with Crippen molar-refractivity contribution >= 4 is 27.3 Å². The Labute approximate surface area is 110 Å². The molecule has 0 radical (unpaired) electrons. The van der Waals surface area contributed by atoms with Crippen LogP contribution in [0.4, 0.5) is 0 Å². The average Bonchev–Trinajstić information content (AvgIpc) is 2.66. The number of nitrogens with zero attached hydrogens (tertiary/aromatic N) is 1. The van der Waals surface area contributed by atoms with E-state index < -0.39 is 0 Å². The Bertz CT molecular complexity index is 325. The highest BCUT2D eigenvalue weighted by Crippen LogP contribution is 2.27. The number of nitrogens with two attached hydrogens (primary N) is 1. The number of hydrogen-bond acceptors (Lipinski definition) is 3. The second-order valence-corrected chi connectivity index (χ2v) is 6.37. The van der Waals surface area contributed by atoms with Gasteiger partial charge in [-0.15, -0.1) is 11.3 Å². The zero-order valence-corrected chi connectivity index (χ0v) is 11.9. The predicted octanol–water partition coefficient (Wildman–Crippen LogP) is 3.07. The largest absolute Gasteiger partial charge is 0.330 e. The third-order valence-corrected chi connectivity index (χ3v) is 5.15. The van der Waals surface area contributed by atoms with Gasteiger partial charge in [-0.05, 0) is 65.6 Å². The first kappa shape index (κ1) is 12.6. The van der Waals surface area contributed by atoms with E-state index in [1.54, 1.807) is 0 Å². The first-order chi connectivity index (χ1) is 7.79. The fraction of sp³-hybridized carbons (Fsp3) is 0.667. The molecular weight excluding hydrogens is 284 g/mol. The van der Waals surface area contributed by atoms with Crippen LogP contribution in [0.3, 0.4) is 0 Å². The van der Waals surface area contributed by atoms with Gasteiger partial charge in [-0.2, -0.15) is 0 Å². The second-order valence-electron chi connectivity index (χ2n) is 4.51. The summed E-state index contributed by atoms with van der Waals surface area (Å²) in [5.74, 6) is 0.817. The molecule has 1 aliphatic rings. The molecule has 1 atom stereocenters. The summed E-state index contributed by atoms with van der Waals surface area (Å²) >= 11 is 5.45. The minimum Gasteiger partial charge on any atom is -0.330 e. The van der Waals surface area contributed by atoms with E-state index >= 15 is 0 Å². The molecule has 1 saturated heterocycles. The van der Waals surface area contributed by atoms with E-state index in [1.807, 2.05) is 11.3 Å². The van der Waals surface area contributed by atoms with Gasteiger partial charge in [-0.1, -0.05) is 0 Å².